The fourth-order valence-electron chi connectivity index (χ4n) is 3.17. The third kappa shape index (κ3) is 3.48. The maximum Gasteiger partial charge on any atom is 0.335 e. The topological polar surface area (TPSA) is 81.5 Å². The molecule has 4 rings (SSSR count). The van der Waals surface area contributed by atoms with Crippen LogP contribution in [0.4, 0.5) is 0 Å². The van der Waals surface area contributed by atoms with Gasteiger partial charge in [0, 0.05) is 11.1 Å². The minimum Gasteiger partial charge on any atom is -0.493 e. The van der Waals surface area contributed by atoms with Crippen LogP contribution in [0.5, 0.6) is 11.5 Å². The van der Waals surface area contributed by atoms with Crippen molar-refractivity contribution >= 4 is 17.0 Å². The summed E-state index contributed by atoms with van der Waals surface area (Å²) in [6.07, 6.45) is 0. The highest BCUT2D eigenvalue weighted by Crippen LogP contribution is 2.36. The lowest BCUT2D eigenvalue weighted by molar-refractivity contribution is 0.0697. The predicted molar refractivity (Wildman–Crippen MR) is 110 cm³/mol. The number of hydrogen-bond donors (Lipinski definition) is 1. The first-order valence-electron chi connectivity index (χ1n) is 8.93. The van der Waals surface area contributed by atoms with Crippen LogP contribution in [-0.4, -0.2) is 35.3 Å². The van der Waals surface area contributed by atoms with Crippen molar-refractivity contribution in [3.8, 4) is 34.0 Å². The molecule has 0 unspecified atom stereocenters. The predicted octanol–water partition coefficient (Wildman–Crippen LogP) is 4.68. The first-order valence-corrected chi connectivity index (χ1v) is 8.93. The molecule has 0 atom stereocenters. The van der Waals surface area contributed by atoms with Crippen LogP contribution >= 0.6 is 0 Å². The zero-order valence-electron chi connectivity index (χ0n) is 15.9. The molecule has 0 aliphatic rings. The van der Waals surface area contributed by atoms with Crippen molar-refractivity contribution in [1.82, 2.24) is 9.97 Å². The normalized spacial score (nSPS) is 10.7. The van der Waals surface area contributed by atoms with E-state index in [1.54, 1.807) is 20.3 Å². The lowest BCUT2D eigenvalue weighted by Crippen LogP contribution is -2.00. The summed E-state index contributed by atoms with van der Waals surface area (Å²) >= 11 is 0. The number of carboxylic acids is 1. The third-order valence-corrected chi connectivity index (χ3v) is 4.62. The van der Waals surface area contributed by atoms with E-state index in [9.17, 15) is 9.90 Å². The first kappa shape index (κ1) is 18.4. The summed E-state index contributed by atoms with van der Waals surface area (Å²) in [5.74, 6) is 0.179. The fraction of sp³-hybridized carbons (Fsp3) is 0.0870. The van der Waals surface area contributed by atoms with Crippen LogP contribution in [0.15, 0.2) is 66.7 Å². The average Bonchev–Trinajstić information content (AvgIpc) is 2.77. The van der Waals surface area contributed by atoms with E-state index in [1.165, 1.54) is 12.1 Å². The van der Waals surface area contributed by atoms with E-state index in [1.807, 2.05) is 48.5 Å². The number of fused-ring (bicyclic) bond motifs is 1. The smallest absolute Gasteiger partial charge is 0.335 e. The van der Waals surface area contributed by atoms with Crippen molar-refractivity contribution < 1.29 is 19.4 Å². The number of aromatic carboxylic acids is 1. The van der Waals surface area contributed by atoms with Gasteiger partial charge in [-0.25, -0.2) is 14.8 Å². The fourth-order valence-corrected chi connectivity index (χ4v) is 3.17. The summed E-state index contributed by atoms with van der Waals surface area (Å²) in [5.41, 5.74) is 4.33. The van der Waals surface area contributed by atoms with E-state index in [2.05, 4.69) is 0 Å². The van der Waals surface area contributed by atoms with Crippen LogP contribution in [0.25, 0.3) is 33.5 Å². The molecule has 0 amide bonds. The summed E-state index contributed by atoms with van der Waals surface area (Å²) in [6.45, 7) is 0. The molecule has 1 heterocycles. The van der Waals surface area contributed by atoms with Gasteiger partial charge in [-0.3, -0.25) is 0 Å². The quantitative estimate of drug-likeness (QED) is 0.536. The highest BCUT2D eigenvalue weighted by Gasteiger charge is 2.16. The SMILES string of the molecule is COc1ccc(-c2nc3cc(C(=O)O)ccc3nc2-c2ccccc2)cc1OC. The Labute approximate surface area is 167 Å². The first-order chi connectivity index (χ1) is 14.1. The van der Waals surface area contributed by atoms with Crippen molar-refractivity contribution in [1.29, 1.82) is 0 Å². The molecule has 0 aliphatic heterocycles. The molecule has 0 aliphatic carbocycles. The summed E-state index contributed by atoms with van der Waals surface area (Å²) in [7, 11) is 3.15. The number of carbonyl (C=O) groups is 1. The Morgan fingerprint density at radius 2 is 1.45 bits per heavy atom. The van der Waals surface area contributed by atoms with E-state index < -0.39 is 5.97 Å². The number of nitrogens with zero attached hydrogens (tertiary/aromatic N) is 2. The molecule has 6 heteroatoms. The lowest BCUT2D eigenvalue weighted by Gasteiger charge is -2.13. The van der Waals surface area contributed by atoms with Gasteiger partial charge in [-0.1, -0.05) is 30.3 Å². The van der Waals surface area contributed by atoms with Gasteiger partial charge in [0.15, 0.2) is 11.5 Å². The number of methoxy groups -OCH3 is 2. The molecule has 0 spiro atoms. The van der Waals surface area contributed by atoms with Crippen molar-refractivity contribution in [2.75, 3.05) is 14.2 Å². The van der Waals surface area contributed by atoms with Gasteiger partial charge in [-0.2, -0.15) is 0 Å². The number of rotatable bonds is 5. The molecule has 0 bridgehead atoms. The second-order valence-corrected chi connectivity index (χ2v) is 6.37. The van der Waals surface area contributed by atoms with Gasteiger partial charge in [0.25, 0.3) is 0 Å². The molecule has 144 valence electrons. The van der Waals surface area contributed by atoms with Crippen molar-refractivity contribution in [3.63, 3.8) is 0 Å². The molecule has 0 saturated carbocycles. The van der Waals surface area contributed by atoms with E-state index in [-0.39, 0.29) is 5.56 Å². The minimum absolute atomic E-state index is 0.164. The molecule has 1 aromatic heterocycles. The molecule has 1 N–H and O–H groups in total. The highest BCUT2D eigenvalue weighted by molar-refractivity contribution is 5.94. The van der Waals surface area contributed by atoms with Gasteiger partial charge < -0.3 is 14.6 Å². The van der Waals surface area contributed by atoms with Crippen molar-refractivity contribution in [3.05, 3.63) is 72.3 Å². The standard InChI is InChI=1S/C23H18N2O4/c1-28-19-11-9-15(13-20(19)29-2)22-21(14-6-4-3-5-7-14)24-17-10-8-16(23(26)27)12-18(17)25-22/h3-13H,1-2H3,(H,26,27). The van der Waals surface area contributed by atoms with Gasteiger partial charge in [0.2, 0.25) is 0 Å². The Morgan fingerprint density at radius 1 is 0.759 bits per heavy atom. The maximum absolute atomic E-state index is 11.4. The van der Waals surface area contributed by atoms with E-state index >= 15 is 0 Å². The molecule has 0 fully saturated rings. The van der Waals surface area contributed by atoms with E-state index in [4.69, 9.17) is 19.4 Å². The second kappa shape index (κ2) is 7.59. The number of benzene rings is 3. The number of aromatic nitrogens is 2. The van der Waals surface area contributed by atoms with Crippen LogP contribution in [-0.2, 0) is 0 Å². The molecule has 0 radical (unpaired) electrons. The number of ether oxygens (including phenoxy) is 2. The second-order valence-electron chi connectivity index (χ2n) is 6.37. The molecule has 29 heavy (non-hydrogen) atoms. The van der Waals surface area contributed by atoms with E-state index in [0.29, 0.717) is 33.9 Å². The van der Waals surface area contributed by atoms with Crippen molar-refractivity contribution in [2.45, 2.75) is 0 Å². The van der Waals surface area contributed by atoms with Crippen molar-refractivity contribution in [2.24, 2.45) is 0 Å². The molecular weight excluding hydrogens is 368 g/mol. The minimum atomic E-state index is -1.01. The zero-order chi connectivity index (χ0) is 20.4. The summed E-state index contributed by atoms with van der Waals surface area (Å²) < 4.78 is 10.8. The van der Waals surface area contributed by atoms with Crippen LogP contribution in [0.2, 0.25) is 0 Å². The van der Waals surface area contributed by atoms with Crippen LogP contribution in [0, 0.1) is 0 Å². The summed E-state index contributed by atoms with van der Waals surface area (Å²) in [6, 6.07) is 20.0. The number of hydrogen-bond acceptors (Lipinski definition) is 5. The van der Waals surface area contributed by atoms with Gasteiger partial charge in [0.05, 0.1) is 42.2 Å². The average molecular weight is 386 g/mol. The maximum atomic E-state index is 11.4. The Kier molecular flexibility index (Phi) is 4.83. The Bertz CT molecular complexity index is 1210. The molecule has 0 saturated heterocycles. The zero-order valence-corrected chi connectivity index (χ0v) is 15.9. The van der Waals surface area contributed by atoms with Gasteiger partial charge in [-0.05, 0) is 36.4 Å². The van der Waals surface area contributed by atoms with Gasteiger partial charge in [-0.15, -0.1) is 0 Å². The summed E-state index contributed by atoms with van der Waals surface area (Å²) in [4.78, 5) is 20.9. The van der Waals surface area contributed by atoms with E-state index in [0.717, 1.165) is 11.1 Å². The van der Waals surface area contributed by atoms with Crippen LogP contribution in [0.3, 0.4) is 0 Å². The lowest BCUT2D eigenvalue weighted by atomic mass is 10.0. The van der Waals surface area contributed by atoms with Crippen LogP contribution < -0.4 is 9.47 Å². The molecule has 4 aromatic rings. The Balaban J connectivity index is 2.00. The molecule has 6 nitrogen and oxygen atoms in total. The Morgan fingerprint density at radius 3 is 2.14 bits per heavy atom. The monoisotopic (exact) mass is 386 g/mol. The van der Waals surface area contributed by atoms with Gasteiger partial charge in [0.1, 0.15) is 0 Å². The third-order valence-electron chi connectivity index (χ3n) is 4.62. The molecule has 3 aromatic carbocycles. The Hall–Kier alpha value is -3.93. The summed E-state index contributed by atoms with van der Waals surface area (Å²) in [5, 5.41) is 9.31. The van der Waals surface area contributed by atoms with Crippen LogP contribution in [0.1, 0.15) is 10.4 Å². The number of carboxylic acid groups (broad SMARTS) is 1. The largest absolute Gasteiger partial charge is 0.493 e. The van der Waals surface area contributed by atoms with Gasteiger partial charge >= 0.3 is 5.97 Å². The molecular formula is C23H18N2O4. The highest BCUT2D eigenvalue weighted by atomic mass is 16.5.